The number of rotatable bonds is 12. The van der Waals surface area contributed by atoms with Gasteiger partial charge in [0.25, 0.3) is 0 Å². The summed E-state index contributed by atoms with van der Waals surface area (Å²) in [5, 5.41) is 1.04. The zero-order chi connectivity index (χ0) is 13.7. The van der Waals surface area contributed by atoms with Crippen LogP contribution in [0.5, 0.6) is 0 Å². The molecule has 4 radical (unpaired) electrons. The van der Waals surface area contributed by atoms with Crippen molar-refractivity contribution in [2.24, 2.45) is 0 Å². The molecule has 0 heterocycles. The molecule has 0 rings (SSSR count). The Morgan fingerprint density at radius 3 is 1.40 bits per heavy atom. The molecule has 0 atom stereocenters. The second kappa shape index (κ2) is 19.8. The van der Waals surface area contributed by atoms with Crippen molar-refractivity contribution in [1.82, 2.24) is 0 Å². The van der Waals surface area contributed by atoms with Gasteiger partial charge in [-0.3, -0.25) is 0 Å². The van der Waals surface area contributed by atoms with Gasteiger partial charge in [0.15, 0.2) is 3.79 Å². The average molecular weight is 449 g/mol. The minimum atomic E-state index is -1.06. The number of hydrogen-bond donors (Lipinski definition) is 1. The molecule has 7 heteroatoms. The van der Waals surface area contributed by atoms with E-state index in [9.17, 15) is 0 Å². The van der Waals surface area contributed by atoms with E-state index in [4.69, 9.17) is 39.0 Å². The van der Waals surface area contributed by atoms with Gasteiger partial charge in [-0.25, -0.2) is 0 Å². The summed E-state index contributed by atoms with van der Waals surface area (Å²) >= 11 is 16.8. The van der Waals surface area contributed by atoms with E-state index < -0.39 is 3.79 Å². The molecule has 0 aliphatic carbocycles. The van der Waals surface area contributed by atoms with Crippen LogP contribution in [-0.2, 0) is 26.2 Å². The molecule has 0 saturated heterocycles. The fourth-order valence-electron chi connectivity index (χ4n) is 1.98. The molecular formula is C13H25Al2Cl3OZr. The third-order valence-corrected chi connectivity index (χ3v) is 4.28. The molecule has 0 amide bonds. The van der Waals surface area contributed by atoms with Crippen molar-refractivity contribution in [3.8, 4) is 0 Å². The Hall–Kier alpha value is 2.78. The van der Waals surface area contributed by atoms with E-state index in [2.05, 4.69) is 0 Å². The summed E-state index contributed by atoms with van der Waals surface area (Å²) in [7, 11) is 0. The molecule has 1 N–H and O–H groups in total. The van der Waals surface area contributed by atoms with Crippen molar-refractivity contribution in [2.45, 2.75) is 79.7 Å². The third-order valence-electron chi connectivity index (χ3n) is 3.04. The predicted molar refractivity (Wildman–Crippen MR) is 89.6 cm³/mol. The van der Waals surface area contributed by atoms with E-state index in [1.165, 1.54) is 57.8 Å². The largest absolute Gasteiger partial charge is 0.522 e. The smallest absolute Gasteiger partial charge is 0.420 e. The molecule has 0 fully saturated rings. The van der Waals surface area contributed by atoms with Crippen LogP contribution in [-0.4, -0.2) is 40.9 Å². The summed E-state index contributed by atoms with van der Waals surface area (Å²) in [5.74, 6) is 0. The Labute approximate surface area is 176 Å². The first-order chi connectivity index (χ1) is 8.56. The Bertz CT molecular complexity index is 183. The molecule has 0 aliphatic heterocycles. The van der Waals surface area contributed by atoms with Crippen molar-refractivity contribution in [1.29, 1.82) is 0 Å². The van der Waals surface area contributed by atoms with Gasteiger partial charge in [0.2, 0.25) is 0 Å². The van der Waals surface area contributed by atoms with Gasteiger partial charge in [-0.1, -0.05) is 97.9 Å². The fourth-order valence-corrected chi connectivity index (χ4v) is 2.85. The van der Waals surface area contributed by atoms with Crippen molar-refractivity contribution in [3.63, 3.8) is 0 Å². The first-order valence-electron chi connectivity index (χ1n) is 7.09. The fraction of sp³-hybridized carbons (Fsp3) is 1.00. The van der Waals surface area contributed by atoms with Crippen molar-refractivity contribution >= 4 is 67.7 Å². The average Bonchev–Trinajstić information content (AvgIpc) is 2.29. The van der Waals surface area contributed by atoms with Crippen LogP contribution in [0.1, 0.15) is 70.6 Å². The van der Waals surface area contributed by atoms with E-state index in [0.29, 0.717) is 6.42 Å². The Morgan fingerprint density at radius 1 is 0.700 bits per heavy atom. The van der Waals surface area contributed by atoms with E-state index >= 15 is 0 Å². The van der Waals surface area contributed by atoms with E-state index in [1.807, 2.05) is 0 Å². The van der Waals surface area contributed by atoms with Gasteiger partial charge >= 0.3 is 15.6 Å². The van der Waals surface area contributed by atoms with Gasteiger partial charge < -0.3 is 4.16 Å². The molecule has 114 valence electrons. The monoisotopic (exact) mass is 446 g/mol. The van der Waals surface area contributed by atoms with Crippen molar-refractivity contribution < 1.29 is 30.4 Å². The molecule has 0 unspecified atom stereocenters. The first kappa shape index (κ1) is 27.6. The summed E-state index contributed by atoms with van der Waals surface area (Å²) in [6.07, 6.45) is 13.3. The van der Waals surface area contributed by atoms with Crippen LogP contribution < -0.4 is 0 Å². The minimum absolute atomic E-state index is 0. The Balaban J connectivity index is -0.00000144. The van der Waals surface area contributed by atoms with Gasteiger partial charge in [-0.15, -0.1) is 0 Å². The maximum absolute atomic E-state index is 8.72. The van der Waals surface area contributed by atoms with Crippen LogP contribution in [0.25, 0.3) is 0 Å². The molecule has 0 aromatic rings. The van der Waals surface area contributed by atoms with Crippen LogP contribution in [0.15, 0.2) is 0 Å². The number of alkyl halides is 3. The van der Waals surface area contributed by atoms with Crippen LogP contribution in [0.3, 0.4) is 0 Å². The summed E-state index contributed by atoms with van der Waals surface area (Å²) in [4.78, 5) is 0. The molecule has 1 nitrogen and oxygen atoms in total. The third kappa shape index (κ3) is 25.7. The van der Waals surface area contributed by atoms with E-state index in [0.717, 1.165) is 11.7 Å². The molecule has 0 aromatic carbocycles. The summed E-state index contributed by atoms with van der Waals surface area (Å²) in [5.41, 5.74) is 0. The zero-order valence-corrected chi connectivity index (χ0v) is 19.3. The molecule has 0 bridgehead atoms. The topological polar surface area (TPSA) is 20.2 Å². The molecule has 0 saturated carbocycles. The maximum Gasteiger partial charge on any atom is 0.420 e. The molecule has 0 aliphatic rings. The van der Waals surface area contributed by atoms with Gasteiger partial charge in [0.1, 0.15) is 0 Å². The van der Waals surface area contributed by atoms with Crippen molar-refractivity contribution in [3.05, 3.63) is 0 Å². The normalized spacial score (nSPS) is 10.6. The SMILES string of the molecule is [Al].[OH][Al][CH2]CCCCCCCCCCCC(Cl)(Cl)Cl.[Zr]. The second-order valence-corrected chi connectivity index (χ2v) is 8.33. The molecular weight excluding hydrogens is 424 g/mol. The molecule has 0 spiro atoms. The van der Waals surface area contributed by atoms with Gasteiger partial charge in [0, 0.05) is 43.6 Å². The standard InChI is InChI=1S/C13H24Cl3.2Al.H2O.Zr/c1-2-3-4-5-6-7-8-9-10-11-12-13(14,15)16;;;;/h1-12H2;;;1H2;/q;;+1;;/p-1. The molecule has 0 aromatic heterocycles. The quantitative estimate of drug-likeness (QED) is 0.244. The first-order valence-corrected chi connectivity index (χ1v) is 9.55. The van der Waals surface area contributed by atoms with E-state index in [1.54, 1.807) is 0 Å². The summed E-state index contributed by atoms with van der Waals surface area (Å²) < 4.78 is 7.66. The minimum Gasteiger partial charge on any atom is -0.522 e. The van der Waals surface area contributed by atoms with Crippen LogP contribution in [0.4, 0.5) is 0 Å². The van der Waals surface area contributed by atoms with Crippen LogP contribution >= 0.6 is 34.8 Å². The molecule has 20 heavy (non-hydrogen) atoms. The Morgan fingerprint density at radius 2 is 1.05 bits per heavy atom. The van der Waals surface area contributed by atoms with Gasteiger partial charge in [-0.05, 0) is 12.8 Å². The second-order valence-electron chi connectivity index (χ2n) is 4.87. The summed E-state index contributed by atoms with van der Waals surface area (Å²) in [6, 6.07) is 0. The maximum atomic E-state index is 8.72. The number of unbranched alkanes of at least 4 members (excludes halogenated alkanes) is 9. The zero-order valence-electron chi connectivity index (χ0n) is 12.2. The van der Waals surface area contributed by atoms with Crippen molar-refractivity contribution in [2.75, 3.05) is 0 Å². The van der Waals surface area contributed by atoms with Crippen LogP contribution in [0, 0.1) is 0 Å². The predicted octanol–water partition coefficient (Wildman–Crippen LogP) is 5.29. The van der Waals surface area contributed by atoms with Crippen LogP contribution in [0.2, 0.25) is 5.28 Å². The van der Waals surface area contributed by atoms with E-state index in [-0.39, 0.29) is 59.1 Å². The number of halogens is 3. The van der Waals surface area contributed by atoms with Gasteiger partial charge in [-0.2, -0.15) is 0 Å². The summed E-state index contributed by atoms with van der Waals surface area (Å²) in [6.45, 7) is 0. The number of hydrogen-bond acceptors (Lipinski definition) is 1. The van der Waals surface area contributed by atoms with Gasteiger partial charge in [0.05, 0.1) is 0 Å². The Kier molecular flexibility index (Phi) is 27.4.